The van der Waals surface area contributed by atoms with Crippen LogP contribution in [0.2, 0.25) is 0 Å². The minimum atomic E-state index is 0.177. The van der Waals surface area contributed by atoms with E-state index < -0.39 is 0 Å². The molecule has 0 aliphatic carbocycles. The SMILES string of the molecule is Cc1cccc(N2CCN(C(C)N)CC2)c1C. The second-order valence-electron chi connectivity index (χ2n) is 4.98. The van der Waals surface area contributed by atoms with Crippen molar-refractivity contribution in [1.82, 2.24) is 4.90 Å². The van der Waals surface area contributed by atoms with Crippen LogP contribution in [-0.4, -0.2) is 37.2 Å². The van der Waals surface area contributed by atoms with Crippen LogP contribution in [0.3, 0.4) is 0 Å². The third-order valence-corrected chi connectivity index (χ3v) is 3.81. The molecule has 1 atom stereocenters. The zero-order chi connectivity index (χ0) is 12.4. The van der Waals surface area contributed by atoms with Crippen molar-refractivity contribution < 1.29 is 0 Å². The van der Waals surface area contributed by atoms with Crippen LogP contribution >= 0.6 is 0 Å². The van der Waals surface area contributed by atoms with Crippen molar-refractivity contribution in [2.75, 3.05) is 31.1 Å². The van der Waals surface area contributed by atoms with E-state index in [1.807, 2.05) is 0 Å². The summed E-state index contributed by atoms with van der Waals surface area (Å²) in [7, 11) is 0. The highest BCUT2D eigenvalue weighted by Crippen LogP contribution is 2.23. The average molecular weight is 233 g/mol. The molecule has 3 heteroatoms. The summed E-state index contributed by atoms with van der Waals surface area (Å²) in [6, 6.07) is 6.55. The number of hydrogen-bond acceptors (Lipinski definition) is 3. The average Bonchev–Trinajstić information content (AvgIpc) is 2.33. The second kappa shape index (κ2) is 5.07. The maximum Gasteiger partial charge on any atom is 0.0544 e. The van der Waals surface area contributed by atoms with Gasteiger partial charge in [-0.25, -0.2) is 0 Å². The van der Waals surface area contributed by atoms with E-state index in [2.05, 4.69) is 48.8 Å². The Morgan fingerprint density at radius 1 is 1.12 bits per heavy atom. The number of aryl methyl sites for hydroxylation is 1. The normalized spacial score (nSPS) is 19.4. The van der Waals surface area contributed by atoms with Crippen LogP contribution in [0.1, 0.15) is 18.1 Å². The Labute approximate surface area is 104 Å². The lowest BCUT2D eigenvalue weighted by Crippen LogP contribution is -2.52. The van der Waals surface area contributed by atoms with Crippen LogP contribution in [0.4, 0.5) is 5.69 Å². The van der Waals surface area contributed by atoms with Crippen molar-refractivity contribution in [3.05, 3.63) is 29.3 Å². The fraction of sp³-hybridized carbons (Fsp3) is 0.571. The molecule has 94 valence electrons. The minimum Gasteiger partial charge on any atom is -0.369 e. The van der Waals surface area contributed by atoms with E-state index in [1.54, 1.807) is 0 Å². The molecule has 0 radical (unpaired) electrons. The molecule has 1 aliphatic heterocycles. The third-order valence-electron chi connectivity index (χ3n) is 3.81. The summed E-state index contributed by atoms with van der Waals surface area (Å²) >= 11 is 0. The molecule has 1 fully saturated rings. The molecule has 2 rings (SSSR count). The number of nitrogens with two attached hydrogens (primary N) is 1. The predicted molar refractivity (Wildman–Crippen MR) is 73.4 cm³/mol. The molecule has 17 heavy (non-hydrogen) atoms. The van der Waals surface area contributed by atoms with Crippen molar-refractivity contribution in [3.63, 3.8) is 0 Å². The van der Waals surface area contributed by atoms with E-state index in [0.29, 0.717) is 0 Å². The molecule has 1 heterocycles. The molecule has 0 amide bonds. The highest BCUT2D eigenvalue weighted by atomic mass is 15.3. The lowest BCUT2D eigenvalue weighted by atomic mass is 10.1. The Morgan fingerprint density at radius 3 is 2.35 bits per heavy atom. The van der Waals surface area contributed by atoms with Gasteiger partial charge in [-0.05, 0) is 38.0 Å². The first-order valence-corrected chi connectivity index (χ1v) is 6.40. The molecule has 0 bridgehead atoms. The van der Waals surface area contributed by atoms with E-state index in [4.69, 9.17) is 5.73 Å². The first-order valence-electron chi connectivity index (χ1n) is 6.40. The number of benzene rings is 1. The van der Waals surface area contributed by atoms with Crippen molar-refractivity contribution in [3.8, 4) is 0 Å². The summed E-state index contributed by atoms with van der Waals surface area (Å²) in [5, 5.41) is 0. The highest BCUT2D eigenvalue weighted by Gasteiger charge is 2.20. The Kier molecular flexibility index (Phi) is 3.69. The summed E-state index contributed by atoms with van der Waals surface area (Å²) in [6.45, 7) is 10.7. The number of nitrogens with zero attached hydrogens (tertiary/aromatic N) is 2. The van der Waals surface area contributed by atoms with Gasteiger partial charge in [0.1, 0.15) is 0 Å². The summed E-state index contributed by atoms with van der Waals surface area (Å²) < 4.78 is 0. The van der Waals surface area contributed by atoms with Gasteiger partial charge in [-0.2, -0.15) is 0 Å². The van der Waals surface area contributed by atoms with Crippen LogP contribution in [0.15, 0.2) is 18.2 Å². The van der Waals surface area contributed by atoms with E-state index in [9.17, 15) is 0 Å². The van der Waals surface area contributed by atoms with Crippen LogP contribution in [0, 0.1) is 13.8 Å². The van der Waals surface area contributed by atoms with Gasteiger partial charge < -0.3 is 10.6 Å². The fourth-order valence-electron chi connectivity index (χ4n) is 2.45. The van der Waals surface area contributed by atoms with Crippen LogP contribution < -0.4 is 10.6 Å². The van der Waals surface area contributed by atoms with Crippen molar-refractivity contribution >= 4 is 5.69 Å². The first-order chi connectivity index (χ1) is 8.09. The van der Waals surface area contributed by atoms with Gasteiger partial charge >= 0.3 is 0 Å². The topological polar surface area (TPSA) is 32.5 Å². The molecule has 2 N–H and O–H groups in total. The monoisotopic (exact) mass is 233 g/mol. The third kappa shape index (κ3) is 2.61. The lowest BCUT2D eigenvalue weighted by molar-refractivity contribution is 0.201. The van der Waals surface area contributed by atoms with E-state index in [-0.39, 0.29) is 6.17 Å². The maximum atomic E-state index is 5.91. The van der Waals surface area contributed by atoms with E-state index in [1.165, 1.54) is 16.8 Å². The number of piperazine rings is 1. The highest BCUT2D eigenvalue weighted by molar-refractivity contribution is 5.56. The predicted octanol–water partition coefficient (Wildman–Crippen LogP) is 1.73. The quantitative estimate of drug-likeness (QED) is 0.844. The Bertz CT molecular complexity index is 379. The number of hydrogen-bond donors (Lipinski definition) is 1. The molecule has 0 aromatic heterocycles. The Balaban J connectivity index is 2.08. The molecular weight excluding hydrogens is 210 g/mol. The minimum absolute atomic E-state index is 0.177. The van der Waals surface area contributed by atoms with Crippen LogP contribution in [0.5, 0.6) is 0 Å². The van der Waals surface area contributed by atoms with E-state index >= 15 is 0 Å². The van der Waals surface area contributed by atoms with Gasteiger partial charge in [0.15, 0.2) is 0 Å². The van der Waals surface area contributed by atoms with Gasteiger partial charge in [-0.15, -0.1) is 0 Å². The summed E-state index contributed by atoms with van der Waals surface area (Å²) in [5.41, 5.74) is 10.1. The summed E-state index contributed by atoms with van der Waals surface area (Å²) in [4.78, 5) is 4.81. The van der Waals surface area contributed by atoms with Gasteiger partial charge in [0.05, 0.1) is 6.17 Å². The number of rotatable bonds is 2. The maximum absolute atomic E-state index is 5.91. The van der Waals surface area contributed by atoms with Crippen molar-refractivity contribution in [1.29, 1.82) is 0 Å². The molecule has 1 aromatic carbocycles. The number of anilines is 1. The lowest BCUT2D eigenvalue weighted by Gasteiger charge is -2.38. The van der Waals surface area contributed by atoms with Crippen molar-refractivity contribution in [2.24, 2.45) is 5.73 Å². The molecule has 0 spiro atoms. The molecule has 1 aromatic rings. The van der Waals surface area contributed by atoms with Gasteiger partial charge in [-0.3, -0.25) is 4.90 Å². The molecule has 1 saturated heterocycles. The van der Waals surface area contributed by atoms with Gasteiger partial charge in [0.25, 0.3) is 0 Å². The molecule has 0 saturated carbocycles. The molecule has 1 unspecified atom stereocenters. The largest absolute Gasteiger partial charge is 0.369 e. The van der Waals surface area contributed by atoms with Crippen LogP contribution in [-0.2, 0) is 0 Å². The van der Waals surface area contributed by atoms with Crippen LogP contribution in [0.25, 0.3) is 0 Å². The molecule has 3 nitrogen and oxygen atoms in total. The first kappa shape index (κ1) is 12.4. The zero-order valence-corrected chi connectivity index (χ0v) is 11.1. The van der Waals surface area contributed by atoms with Gasteiger partial charge in [0, 0.05) is 31.9 Å². The van der Waals surface area contributed by atoms with Gasteiger partial charge in [0.2, 0.25) is 0 Å². The van der Waals surface area contributed by atoms with Gasteiger partial charge in [-0.1, -0.05) is 12.1 Å². The fourth-order valence-corrected chi connectivity index (χ4v) is 2.45. The summed E-state index contributed by atoms with van der Waals surface area (Å²) in [6.07, 6.45) is 0.177. The molecule has 1 aliphatic rings. The second-order valence-corrected chi connectivity index (χ2v) is 4.98. The van der Waals surface area contributed by atoms with Crippen molar-refractivity contribution in [2.45, 2.75) is 26.9 Å². The standard InChI is InChI=1S/C14H23N3/c1-11-5-4-6-14(12(11)2)17-9-7-16(8-10-17)13(3)15/h4-6,13H,7-10,15H2,1-3H3. The zero-order valence-electron chi connectivity index (χ0n) is 11.1. The summed E-state index contributed by atoms with van der Waals surface area (Å²) in [5.74, 6) is 0. The smallest absolute Gasteiger partial charge is 0.0544 e. The Morgan fingerprint density at radius 2 is 1.76 bits per heavy atom. The molecular formula is C14H23N3. The Hall–Kier alpha value is -1.06. The van der Waals surface area contributed by atoms with E-state index in [0.717, 1.165) is 26.2 Å².